The van der Waals surface area contributed by atoms with Crippen molar-refractivity contribution in [3.63, 3.8) is 0 Å². The Bertz CT molecular complexity index is 791. The van der Waals surface area contributed by atoms with Crippen LogP contribution < -0.4 is 5.32 Å². The number of anilines is 1. The molecule has 0 aliphatic heterocycles. The van der Waals surface area contributed by atoms with Crippen LogP contribution in [0.1, 0.15) is 5.56 Å². The van der Waals surface area contributed by atoms with Gasteiger partial charge in [-0.3, -0.25) is 4.79 Å². The average Bonchev–Trinajstić information content (AvgIpc) is 2.55. The minimum absolute atomic E-state index is 0.0155. The third-order valence-electron chi connectivity index (χ3n) is 3.44. The summed E-state index contributed by atoms with van der Waals surface area (Å²) in [7, 11) is 0. The molecule has 0 heterocycles. The molecule has 3 aromatic rings. The molecule has 3 rings (SSSR count). The van der Waals surface area contributed by atoms with E-state index in [1.54, 1.807) is 11.8 Å². The average molecular weight is 307 g/mol. The van der Waals surface area contributed by atoms with Gasteiger partial charge in [0.25, 0.3) is 0 Å². The zero-order chi connectivity index (χ0) is 15.4. The van der Waals surface area contributed by atoms with Crippen LogP contribution in [0, 0.1) is 6.92 Å². The van der Waals surface area contributed by atoms with E-state index in [9.17, 15) is 4.79 Å². The van der Waals surface area contributed by atoms with E-state index >= 15 is 0 Å². The first-order valence-electron chi connectivity index (χ1n) is 7.19. The lowest BCUT2D eigenvalue weighted by Gasteiger charge is -2.07. The Kier molecular flexibility index (Phi) is 4.45. The summed E-state index contributed by atoms with van der Waals surface area (Å²) in [5.74, 6) is 0.420. The molecule has 0 bridgehead atoms. The van der Waals surface area contributed by atoms with Crippen LogP contribution in [0.2, 0.25) is 0 Å². The SMILES string of the molecule is Cc1ccc(NC(=O)CSc2cccc3ccccc23)cc1. The predicted octanol–water partition coefficient (Wildman–Crippen LogP) is 4.88. The largest absolute Gasteiger partial charge is 0.325 e. The molecule has 0 spiro atoms. The van der Waals surface area contributed by atoms with Gasteiger partial charge in [0, 0.05) is 10.6 Å². The maximum Gasteiger partial charge on any atom is 0.234 e. The van der Waals surface area contributed by atoms with Gasteiger partial charge < -0.3 is 5.32 Å². The summed E-state index contributed by atoms with van der Waals surface area (Å²) < 4.78 is 0. The summed E-state index contributed by atoms with van der Waals surface area (Å²) in [6.45, 7) is 2.03. The zero-order valence-electron chi connectivity index (χ0n) is 12.4. The summed E-state index contributed by atoms with van der Waals surface area (Å²) in [6, 6.07) is 22.3. The van der Waals surface area contributed by atoms with Crippen LogP contribution in [-0.2, 0) is 4.79 Å². The Balaban J connectivity index is 1.66. The lowest BCUT2D eigenvalue weighted by Crippen LogP contribution is -2.13. The van der Waals surface area contributed by atoms with E-state index in [0.717, 1.165) is 10.6 Å². The minimum Gasteiger partial charge on any atom is -0.325 e. The van der Waals surface area contributed by atoms with Crippen LogP contribution in [-0.4, -0.2) is 11.7 Å². The van der Waals surface area contributed by atoms with Crippen molar-refractivity contribution in [2.45, 2.75) is 11.8 Å². The van der Waals surface area contributed by atoms with E-state index < -0.39 is 0 Å². The minimum atomic E-state index is 0.0155. The summed E-state index contributed by atoms with van der Waals surface area (Å²) in [5, 5.41) is 5.32. The van der Waals surface area contributed by atoms with Crippen molar-refractivity contribution in [3.05, 3.63) is 72.3 Å². The maximum absolute atomic E-state index is 12.1. The molecule has 1 amide bonds. The second kappa shape index (κ2) is 6.67. The second-order valence-electron chi connectivity index (χ2n) is 5.18. The zero-order valence-corrected chi connectivity index (χ0v) is 13.2. The van der Waals surface area contributed by atoms with E-state index in [2.05, 4.69) is 29.6 Å². The topological polar surface area (TPSA) is 29.1 Å². The molecule has 22 heavy (non-hydrogen) atoms. The van der Waals surface area contributed by atoms with Crippen LogP contribution >= 0.6 is 11.8 Å². The second-order valence-corrected chi connectivity index (χ2v) is 6.20. The number of hydrogen-bond donors (Lipinski definition) is 1. The number of thioether (sulfide) groups is 1. The number of hydrogen-bond acceptors (Lipinski definition) is 2. The van der Waals surface area contributed by atoms with Gasteiger partial charge in [-0.05, 0) is 35.9 Å². The molecule has 0 aromatic heterocycles. The highest BCUT2D eigenvalue weighted by Crippen LogP contribution is 2.27. The van der Waals surface area contributed by atoms with Gasteiger partial charge >= 0.3 is 0 Å². The van der Waals surface area contributed by atoms with Crippen molar-refractivity contribution in [2.24, 2.45) is 0 Å². The fourth-order valence-electron chi connectivity index (χ4n) is 2.30. The Hall–Kier alpha value is -2.26. The molecule has 3 aromatic carbocycles. The van der Waals surface area contributed by atoms with Gasteiger partial charge in [0.2, 0.25) is 5.91 Å². The fraction of sp³-hybridized carbons (Fsp3) is 0.105. The molecule has 0 aliphatic carbocycles. The Labute approximate surface area is 134 Å². The molecule has 110 valence electrons. The molecule has 0 saturated carbocycles. The lowest BCUT2D eigenvalue weighted by molar-refractivity contribution is -0.113. The molecule has 0 radical (unpaired) electrons. The first kappa shape index (κ1) is 14.7. The Morgan fingerprint density at radius 3 is 2.50 bits per heavy atom. The number of carbonyl (C=O) groups is 1. The molecule has 0 atom stereocenters. The summed E-state index contributed by atoms with van der Waals surface area (Å²) in [4.78, 5) is 13.2. The summed E-state index contributed by atoms with van der Waals surface area (Å²) in [6.07, 6.45) is 0. The first-order chi connectivity index (χ1) is 10.7. The number of aryl methyl sites for hydroxylation is 1. The number of nitrogens with one attached hydrogen (secondary N) is 1. The van der Waals surface area contributed by atoms with Crippen molar-refractivity contribution in [1.82, 2.24) is 0 Å². The molecular weight excluding hydrogens is 290 g/mol. The van der Waals surface area contributed by atoms with Crippen molar-refractivity contribution < 1.29 is 4.79 Å². The normalized spacial score (nSPS) is 10.6. The van der Waals surface area contributed by atoms with Crippen LogP contribution in [0.25, 0.3) is 10.8 Å². The third kappa shape index (κ3) is 3.49. The van der Waals surface area contributed by atoms with E-state index in [-0.39, 0.29) is 5.91 Å². The number of benzene rings is 3. The molecule has 3 heteroatoms. The van der Waals surface area contributed by atoms with Gasteiger partial charge in [-0.15, -0.1) is 11.8 Å². The molecule has 0 saturated heterocycles. The molecule has 0 unspecified atom stereocenters. The highest BCUT2D eigenvalue weighted by Gasteiger charge is 2.06. The van der Waals surface area contributed by atoms with Gasteiger partial charge in [0.15, 0.2) is 0 Å². The van der Waals surface area contributed by atoms with Gasteiger partial charge in [-0.25, -0.2) is 0 Å². The molecular formula is C19H17NOS. The molecule has 1 N–H and O–H groups in total. The van der Waals surface area contributed by atoms with Crippen LogP contribution in [0.3, 0.4) is 0 Å². The Morgan fingerprint density at radius 2 is 1.68 bits per heavy atom. The monoisotopic (exact) mass is 307 g/mol. The fourth-order valence-corrected chi connectivity index (χ4v) is 3.17. The number of carbonyl (C=O) groups excluding carboxylic acids is 1. The highest BCUT2D eigenvalue weighted by atomic mass is 32.2. The van der Waals surface area contributed by atoms with Crippen molar-refractivity contribution in [3.8, 4) is 0 Å². The van der Waals surface area contributed by atoms with Gasteiger partial charge in [-0.2, -0.15) is 0 Å². The number of rotatable bonds is 4. The van der Waals surface area contributed by atoms with E-state index in [1.807, 2.05) is 49.4 Å². The quantitative estimate of drug-likeness (QED) is 0.696. The number of amides is 1. The Morgan fingerprint density at radius 1 is 0.955 bits per heavy atom. The van der Waals surface area contributed by atoms with E-state index in [4.69, 9.17) is 0 Å². The van der Waals surface area contributed by atoms with E-state index in [1.165, 1.54) is 16.3 Å². The molecule has 2 nitrogen and oxygen atoms in total. The smallest absolute Gasteiger partial charge is 0.234 e. The number of fused-ring (bicyclic) bond motifs is 1. The third-order valence-corrected chi connectivity index (χ3v) is 4.52. The predicted molar refractivity (Wildman–Crippen MR) is 94.5 cm³/mol. The van der Waals surface area contributed by atoms with Gasteiger partial charge in [-0.1, -0.05) is 54.1 Å². The summed E-state index contributed by atoms with van der Waals surface area (Å²) in [5.41, 5.74) is 2.03. The lowest BCUT2D eigenvalue weighted by atomic mass is 10.1. The van der Waals surface area contributed by atoms with Crippen molar-refractivity contribution >= 4 is 34.1 Å². The van der Waals surface area contributed by atoms with Crippen molar-refractivity contribution in [2.75, 3.05) is 11.1 Å². The first-order valence-corrected chi connectivity index (χ1v) is 8.18. The highest BCUT2D eigenvalue weighted by molar-refractivity contribution is 8.00. The standard InChI is InChI=1S/C19H17NOS/c1-14-9-11-16(12-10-14)20-19(21)13-22-18-8-4-6-15-5-2-3-7-17(15)18/h2-12H,13H2,1H3,(H,20,21). The van der Waals surface area contributed by atoms with Gasteiger partial charge in [0.05, 0.1) is 5.75 Å². The van der Waals surface area contributed by atoms with Crippen LogP contribution in [0.5, 0.6) is 0 Å². The van der Waals surface area contributed by atoms with Gasteiger partial charge in [0.1, 0.15) is 0 Å². The molecule has 0 aliphatic rings. The summed E-state index contributed by atoms with van der Waals surface area (Å²) >= 11 is 1.57. The van der Waals surface area contributed by atoms with Crippen LogP contribution in [0.15, 0.2) is 71.6 Å². The molecule has 0 fully saturated rings. The van der Waals surface area contributed by atoms with E-state index in [0.29, 0.717) is 5.75 Å². The maximum atomic E-state index is 12.1. The van der Waals surface area contributed by atoms with Crippen molar-refractivity contribution in [1.29, 1.82) is 0 Å². The van der Waals surface area contributed by atoms with Crippen LogP contribution in [0.4, 0.5) is 5.69 Å².